The monoisotopic (exact) mass is 796 g/mol. The predicted molar refractivity (Wildman–Crippen MR) is 188 cm³/mol. The smallest absolute Gasteiger partial charge is 0.425 e. The molecule has 6 rings (SSSR count). The van der Waals surface area contributed by atoms with Crippen LogP contribution in [0.25, 0.3) is 0 Å². The molecule has 4 atom stereocenters. The highest BCUT2D eigenvalue weighted by molar-refractivity contribution is 7.10. The molecule has 0 spiro atoms. The fraction of sp³-hybridized carbons (Fsp3) is 0.526. The highest BCUT2D eigenvalue weighted by Gasteiger charge is 2.56. The summed E-state index contributed by atoms with van der Waals surface area (Å²) in [6.45, 7) is 1.89. The number of amides is 2. The van der Waals surface area contributed by atoms with Crippen molar-refractivity contribution in [2.75, 3.05) is 19.6 Å². The average Bonchev–Trinajstić information content (AvgIpc) is 3.82. The lowest BCUT2D eigenvalue weighted by atomic mass is 9.77. The number of carbonyl (C=O) groups excluding carboxylic acids is 2. The third-order valence-corrected chi connectivity index (χ3v) is 11.9. The van der Waals surface area contributed by atoms with Gasteiger partial charge in [-0.1, -0.05) is 31.5 Å². The first-order chi connectivity index (χ1) is 26.0. The van der Waals surface area contributed by atoms with Gasteiger partial charge in [0.15, 0.2) is 0 Å². The van der Waals surface area contributed by atoms with Crippen LogP contribution in [0.4, 0.5) is 26.3 Å². The first kappa shape index (κ1) is 40.3. The second kappa shape index (κ2) is 15.6. The number of ether oxygens (including phenoxy) is 2. The van der Waals surface area contributed by atoms with Crippen molar-refractivity contribution in [2.45, 2.75) is 100 Å². The molecule has 4 heterocycles. The molecule has 2 aliphatic heterocycles. The largest absolute Gasteiger partial charge is 0.490 e. The number of pyridine rings is 1. The minimum atomic E-state index is -4.91. The lowest BCUT2D eigenvalue weighted by molar-refractivity contribution is -0.161. The standard InChI is InChI=1S/C38H42F6N4O6S/c1-2-7-29-36(54-25-21-30(55-22-25)38(42,43)44,13-6-17-48(29)32(49)31-27(37(39,40)41)9-5-16-46-31)34(52)47-18-14-35(45,15-19-47)26-8-3-4-10-28(26)53-24-12-11-23(20-24)33(50)51/h3-5,8-10,16,21-24,29H,2,6-7,11-15,17-20,45H2,1H3,(H,50,51)/t23-,24+,29+,36-/m0/s1. The van der Waals surface area contributed by atoms with E-state index in [1.54, 1.807) is 25.1 Å². The number of hydrogen-bond acceptors (Lipinski definition) is 8. The first-order valence-electron chi connectivity index (χ1n) is 18.2. The van der Waals surface area contributed by atoms with Crippen molar-refractivity contribution in [1.29, 1.82) is 0 Å². The lowest BCUT2D eigenvalue weighted by Gasteiger charge is -2.51. The van der Waals surface area contributed by atoms with Crippen LogP contribution in [-0.4, -0.2) is 75.1 Å². The summed E-state index contributed by atoms with van der Waals surface area (Å²) in [7, 11) is 0. The number of nitrogens with two attached hydrogens (primary N) is 1. The van der Waals surface area contributed by atoms with E-state index in [0.29, 0.717) is 48.3 Å². The van der Waals surface area contributed by atoms with Crippen molar-refractivity contribution in [3.63, 3.8) is 0 Å². The van der Waals surface area contributed by atoms with E-state index in [4.69, 9.17) is 15.2 Å². The van der Waals surface area contributed by atoms with Gasteiger partial charge >= 0.3 is 18.3 Å². The maximum absolute atomic E-state index is 15.0. The van der Waals surface area contributed by atoms with Crippen molar-refractivity contribution in [1.82, 2.24) is 14.8 Å². The topological polar surface area (TPSA) is 135 Å². The molecule has 3 N–H and O–H groups in total. The molecule has 298 valence electrons. The van der Waals surface area contributed by atoms with Gasteiger partial charge in [0.2, 0.25) is 5.60 Å². The van der Waals surface area contributed by atoms with Gasteiger partial charge in [-0.15, -0.1) is 11.3 Å². The van der Waals surface area contributed by atoms with Crippen molar-refractivity contribution < 1.29 is 55.3 Å². The zero-order valence-corrected chi connectivity index (χ0v) is 30.8. The summed E-state index contributed by atoms with van der Waals surface area (Å²) in [5.74, 6) is -2.79. The number of aromatic nitrogens is 1. The summed E-state index contributed by atoms with van der Waals surface area (Å²) in [4.78, 5) is 46.0. The van der Waals surface area contributed by atoms with Crippen molar-refractivity contribution in [3.05, 3.63) is 75.7 Å². The van der Waals surface area contributed by atoms with E-state index in [1.807, 2.05) is 6.07 Å². The number of hydrogen-bond donors (Lipinski definition) is 2. The minimum Gasteiger partial charge on any atom is -0.490 e. The van der Waals surface area contributed by atoms with E-state index >= 15 is 0 Å². The van der Waals surface area contributed by atoms with Crippen LogP contribution in [0.1, 0.15) is 91.2 Å². The van der Waals surface area contributed by atoms with Crippen LogP contribution >= 0.6 is 11.3 Å². The van der Waals surface area contributed by atoms with Crippen LogP contribution in [0.5, 0.6) is 11.5 Å². The summed E-state index contributed by atoms with van der Waals surface area (Å²) in [6, 6.07) is 8.60. The molecule has 55 heavy (non-hydrogen) atoms. The zero-order valence-electron chi connectivity index (χ0n) is 30.0. The molecule has 3 fully saturated rings. The number of halogens is 6. The van der Waals surface area contributed by atoms with Crippen molar-refractivity contribution in [3.8, 4) is 11.5 Å². The lowest BCUT2D eigenvalue weighted by Crippen LogP contribution is -2.69. The number of carboxylic acids is 1. The highest BCUT2D eigenvalue weighted by Crippen LogP contribution is 2.44. The van der Waals surface area contributed by atoms with Gasteiger partial charge in [-0.3, -0.25) is 19.4 Å². The number of aliphatic carboxylic acids is 1. The van der Waals surface area contributed by atoms with Crippen LogP contribution in [0.15, 0.2) is 54.0 Å². The quantitative estimate of drug-likeness (QED) is 0.202. The van der Waals surface area contributed by atoms with E-state index in [1.165, 1.54) is 4.90 Å². The van der Waals surface area contributed by atoms with Crippen LogP contribution in [0.3, 0.4) is 0 Å². The Labute approximate surface area is 317 Å². The van der Waals surface area contributed by atoms with Gasteiger partial charge in [-0.2, -0.15) is 26.3 Å². The maximum atomic E-state index is 15.0. The number of carboxylic acid groups (broad SMARTS) is 1. The van der Waals surface area contributed by atoms with Crippen LogP contribution in [0.2, 0.25) is 0 Å². The van der Waals surface area contributed by atoms with Gasteiger partial charge in [0.05, 0.1) is 23.6 Å². The van der Waals surface area contributed by atoms with Gasteiger partial charge in [0.1, 0.15) is 22.1 Å². The molecular weight excluding hydrogens is 754 g/mol. The molecular formula is C38H42F6N4O6S. The van der Waals surface area contributed by atoms with E-state index < -0.39 is 69.4 Å². The SMILES string of the molecule is CCC[C@H]1N(C(=O)c2ncccc2C(F)(F)F)CCC[C@@]1(Oc1csc(C(F)(F)F)c1)C(=O)N1CCC(N)(c2ccccc2O[C@@H]2CC[C@H](C(=O)O)C2)CC1. The van der Waals surface area contributed by atoms with E-state index in [9.17, 15) is 45.8 Å². The second-order valence-electron chi connectivity index (χ2n) is 14.5. The predicted octanol–water partition coefficient (Wildman–Crippen LogP) is 7.51. The Hall–Kier alpha value is -4.38. The third-order valence-electron chi connectivity index (χ3n) is 10.9. The van der Waals surface area contributed by atoms with Gasteiger partial charge in [-0.25, -0.2) is 0 Å². The number of para-hydroxylation sites is 1. The first-order valence-corrected chi connectivity index (χ1v) is 19.1. The second-order valence-corrected chi connectivity index (χ2v) is 15.4. The Bertz CT molecular complexity index is 1880. The number of carbonyl (C=O) groups is 3. The molecule has 0 unspecified atom stereocenters. The number of thiophene rings is 1. The summed E-state index contributed by atoms with van der Waals surface area (Å²) in [5, 5.41) is 10.6. The van der Waals surface area contributed by atoms with Crippen molar-refractivity contribution >= 4 is 29.1 Å². The molecule has 2 amide bonds. The fourth-order valence-corrected chi connectivity index (χ4v) is 8.83. The number of benzene rings is 1. The Morgan fingerprint density at radius 2 is 1.73 bits per heavy atom. The molecule has 1 aromatic carbocycles. The molecule has 17 heteroatoms. The van der Waals surface area contributed by atoms with Gasteiger partial charge in [0, 0.05) is 54.8 Å². The fourth-order valence-electron chi connectivity index (χ4n) is 8.15. The highest BCUT2D eigenvalue weighted by atomic mass is 32.1. The molecule has 0 bridgehead atoms. The molecule has 2 aromatic heterocycles. The average molecular weight is 797 g/mol. The number of likely N-dealkylation sites (tertiary alicyclic amines) is 2. The van der Waals surface area contributed by atoms with Crippen LogP contribution in [-0.2, 0) is 27.5 Å². The Kier molecular flexibility index (Phi) is 11.5. The Morgan fingerprint density at radius 3 is 2.36 bits per heavy atom. The molecule has 3 aliphatic rings. The number of nitrogens with zero attached hydrogens (tertiary/aromatic N) is 3. The number of rotatable bonds is 10. The Morgan fingerprint density at radius 1 is 1.00 bits per heavy atom. The molecule has 10 nitrogen and oxygen atoms in total. The minimum absolute atomic E-state index is 0.0223. The molecule has 1 aliphatic carbocycles. The molecule has 2 saturated heterocycles. The maximum Gasteiger partial charge on any atom is 0.425 e. The molecule has 0 radical (unpaired) electrons. The van der Waals surface area contributed by atoms with E-state index in [2.05, 4.69) is 4.98 Å². The normalized spacial score (nSPS) is 24.4. The van der Waals surface area contributed by atoms with Crippen molar-refractivity contribution in [2.24, 2.45) is 11.7 Å². The van der Waals surface area contributed by atoms with Crippen LogP contribution in [0, 0.1) is 5.92 Å². The van der Waals surface area contributed by atoms with E-state index in [0.717, 1.165) is 34.7 Å². The summed E-state index contributed by atoms with van der Waals surface area (Å²) < 4.78 is 95.9. The third kappa shape index (κ3) is 8.27. The zero-order chi connectivity index (χ0) is 39.8. The van der Waals surface area contributed by atoms with Gasteiger partial charge in [-0.05, 0) is 63.1 Å². The summed E-state index contributed by atoms with van der Waals surface area (Å²) in [5.41, 5.74) is 2.66. The van der Waals surface area contributed by atoms with Gasteiger partial charge in [0.25, 0.3) is 11.8 Å². The molecule has 1 saturated carbocycles. The van der Waals surface area contributed by atoms with Gasteiger partial charge < -0.3 is 30.1 Å². The Balaban J connectivity index is 1.31. The molecule has 3 aromatic rings. The van der Waals surface area contributed by atoms with E-state index in [-0.39, 0.29) is 63.6 Å². The van der Waals surface area contributed by atoms with Crippen LogP contribution < -0.4 is 15.2 Å². The summed E-state index contributed by atoms with van der Waals surface area (Å²) >= 11 is 0.378. The summed E-state index contributed by atoms with van der Waals surface area (Å²) in [6.07, 6.45) is -6.44. The number of piperidine rings is 2. The number of alkyl halides is 6.